The summed E-state index contributed by atoms with van der Waals surface area (Å²) < 4.78 is 29.7. The van der Waals surface area contributed by atoms with Crippen molar-refractivity contribution in [3.05, 3.63) is 113 Å². The van der Waals surface area contributed by atoms with Crippen molar-refractivity contribution >= 4 is 34.3 Å². The number of halogens is 3. The molecule has 2 aromatic carbocycles. The van der Waals surface area contributed by atoms with E-state index in [0.29, 0.717) is 28.0 Å². The van der Waals surface area contributed by atoms with Gasteiger partial charge in [0.05, 0.1) is 11.7 Å². The molecule has 0 unspecified atom stereocenters. The molecule has 0 aliphatic rings. The standard InChI is InChI=1S/C29H22ClF2N5O2/c1-17(38)19-4-2-5-20(13-19)24-6-3-8-33-27(24)25(12-18-10-22(31)14-23(32)11-18)35-26(39)16-37-9-7-21-15-34-29(30)36-28(21)37/h2-11,13-15,25H,12,16H2,1H3,(H,35,39)/t25-/m0/s1. The lowest BCUT2D eigenvalue weighted by atomic mass is 9.94. The molecule has 7 nitrogen and oxygen atoms in total. The normalized spacial score (nSPS) is 11.9. The lowest BCUT2D eigenvalue weighted by Gasteiger charge is -2.22. The van der Waals surface area contributed by atoms with Gasteiger partial charge in [-0.2, -0.15) is 4.98 Å². The predicted molar refractivity (Wildman–Crippen MR) is 143 cm³/mol. The molecule has 3 heterocycles. The van der Waals surface area contributed by atoms with Crippen LogP contribution >= 0.6 is 11.6 Å². The first kappa shape index (κ1) is 26.1. The number of pyridine rings is 1. The van der Waals surface area contributed by atoms with Crippen LogP contribution < -0.4 is 5.32 Å². The Morgan fingerprint density at radius 2 is 1.82 bits per heavy atom. The smallest absolute Gasteiger partial charge is 0.240 e. The average Bonchev–Trinajstić information content (AvgIpc) is 3.29. The second kappa shape index (κ2) is 11.1. The molecular formula is C29H22ClF2N5O2. The lowest BCUT2D eigenvalue weighted by Crippen LogP contribution is -2.33. The van der Waals surface area contributed by atoms with Gasteiger partial charge in [0.1, 0.15) is 23.8 Å². The minimum absolute atomic E-state index is 0.0554. The monoisotopic (exact) mass is 545 g/mol. The molecule has 5 rings (SSSR count). The van der Waals surface area contributed by atoms with Crippen LogP contribution in [0.4, 0.5) is 8.78 Å². The Morgan fingerprint density at radius 3 is 2.59 bits per heavy atom. The highest BCUT2D eigenvalue weighted by Crippen LogP contribution is 2.30. The van der Waals surface area contributed by atoms with Crippen LogP contribution in [0.1, 0.15) is 34.6 Å². The highest BCUT2D eigenvalue weighted by molar-refractivity contribution is 6.28. The molecule has 0 aliphatic carbocycles. The number of Topliss-reactive ketones (excluding diaryl/α,β-unsaturated/α-hetero) is 1. The second-order valence-corrected chi connectivity index (χ2v) is 9.37. The van der Waals surface area contributed by atoms with Gasteiger partial charge in [-0.3, -0.25) is 14.6 Å². The highest BCUT2D eigenvalue weighted by atomic mass is 35.5. The summed E-state index contributed by atoms with van der Waals surface area (Å²) in [5.41, 5.74) is 3.24. The molecule has 1 amide bonds. The van der Waals surface area contributed by atoms with Crippen molar-refractivity contribution in [3.8, 4) is 11.1 Å². The average molecular weight is 546 g/mol. The van der Waals surface area contributed by atoms with Crippen LogP contribution in [0.15, 0.2) is 79.3 Å². The molecule has 0 saturated carbocycles. The van der Waals surface area contributed by atoms with Gasteiger partial charge in [0, 0.05) is 41.2 Å². The Bertz CT molecular complexity index is 1680. The van der Waals surface area contributed by atoms with Crippen LogP contribution in [0.3, 0.4) is 0 Å². The maximum Gasteiger partial charge on any atom is 0.240 e. The number of hydrogen-bond acceptors (Lipinski definition) is 5. The fraction of sp³-hybridized carbons (Fsp3) is 0.138. The molecule has 10 heteroatoms. The first-order chi connectivity index (χ1) is 18.8. The molecule has 0 radical (unpaired) electrons. The van der Waals surface area contributed by atoms with Gasteiger partial charge < -0.3 is 9.88 Å². The van der Waals surface area contributed by atoms with Crippen LogP contribution in [0, 0.1) is 11.6 Å². The molecule has 196 valence electrons. The van der Waals surface area contributed by atoms with Crippen molar-refractivity contribution in [2.45, 2.75) is 25.9 Å². The molecule has 0 saturated heterocycles. The van der Waals surface area contributed by atoms with E-state index < -0.39 is 17.7 Å². The Kier molecular flexibility index (Phi) is 7.42. The number of nitrogens with one attached hydrogen (secondary N) is 1. The van der Waals surface area contributed by atoms with Crippen molar-refractivity contribution in [1.82, 2.24) is 24.8 Å². The van der Waals surface area contributed by atoms with E-state index in [2.05, 4.69) is 20.3 Å². The number of fused-ring (bicyclic) bond motifs is 1. The van der Waals surface area contributed by atoms with E-state index in [9.17, 15) is 18.4 Å². The Balaban J connectivity index is 1.52. The zero-order valence-electron chi connectivity index (χ0n) is 20.7. The summed E-state index contributed by atoms with van der Waals surface area (Å²) in [6.07, 6.45) is 4.91. The summed E-state index contributed by atoms with van der Waals surface area (Å²) >= 11 is 5.94. The van der Waals surface area contributed by atoms with Gasteiger partial charge in [0.25, 0.3) is 0 Å². The molecule has 1 atom stereocenters. The third kappa shape index (κ3) is 5.99. The second-order valence-electron chi connectivity index (χ2n) is 9.04. The molecule has 0 aliphatic heterocycles. The quantitative estimate of drug-likeness (QED) is 0.199. The fourth-order valence-corrected chi connectivity index (χ4v) is 4.63. The Hall–Kier alpha value is -4.50. The maximum atomic E-state index is 14.0. The van der Waals surface area contributed by atoms with Crippen LogP contribution in [0.2, 0.25) is 5.28 Å². The van der Waals surface area contributed by atoms with Gasteiger partial charge in [-0.15, -0.1) is 0 Å². The van der Waals surface area contributed by atoms with E-state index in [-0.39, 0.29) is 29.9 Å². The molecule has 39 heavy (non-hydrogen) atoms. The number of carbonyl (C=O) groups excluding carboxylic acids is 2. The molecule has 1 N–H and O–H groups in total. The van der Waals surface area contributed by atoms with Crippen LogP contribution in [0.25, 0.3) is 22.2 Å². The van der Waals surface area contributed by atoms with Crippen LogP contribution in [0.5, 0.6) is 0 Å². The highest BCUT2D eigenvalue weighted by Gasteiger charge is 2.22. The molecule has 0 fully saturated rings. The summed E-state index contributed by atoms with van der Waals surface area (Å²) in [7, 11) is 0. The van der Waals surface area contributed by atoms with E-state index >= 15 is 0 Å². The van der Waals surface area contributed by atoms with Crippen molar-refractivity contribution in [2.75, 3.05) is 0 Å². The molecule has 0 spiro atoms. The molecule has 0 bridgehead atoms. The summed E-state index contributed by atoms with van der Waals surface area (Å²) in [6, 6.07) is 14.9. The summed E-state index contributed by atoms with van der Waals surface area (Å²) in [4.78, 5) is 38.0. The number of nitrogens with zero attached hydrogens (tertiary/aromatic N) is 4. The first-order valence-corrected chi connectivity index (χ1v) is 12.4. The topological polar surface area (TPSA) is 89.8 Å². The minimum Gasteiger partial charge on any atom is -0.346 e. The maximum absolute atomic E-state index is 14.0. The van der Waals surface area contributed by atoms with Crippen molar-refractivity contribution in [1.29, 1.82) is 0 Å². The number of rotatable bonds is 8. The Labute approximate surface area is 227 Å². The van der Waals surface area contributed by atoms with Gasteiger partial charge >= 0.3 is 0 Å². The number of aromatic nitrogens is 4. The van der Waals surface area contributed by atoms with E-state index in [1.54, 1.807) is 53.5 Å². The van der Waals surface area contributed by atoms with Crippen molar-refractivity contribution in [2.24, 2.45) is 0 Å². The zero-order valence-corrected chi connectivity index (χ0v) is 21.5. The third-order valence-corrected chi connectivity index (χ3v) is 6.41. The van der Waals surface area contributed by atoms with Gasteiger partial charge in [0.2, 0.25) is 11.2 Å². The number of hydrogen-bond donors (Lipinski definition) is 1. The van der Waals surface area contributed by atoms with Crippen LogP contribution in [-0.4, -0.2) is 31.2 Å². The van der Waals surface area contributed by atoms with E-state index in [1.165, 1.54) is 19.1 Å². The number of carbonyl (C=O) groups is 2. The van der Waals surface area contributed by atoms with Crippen LogP contribution in [-0.2, 0) is 17.8 Å². The van der Waals surface area contributed by atoms with Crippen molar-refractivity contribution < 1.29 is 18.4 Å². The molecule has 3 aromatic heterocycles. The first-order valence-electron chi connectivity index (χ1n) is 12.0. The SMILES string of the molecule is CC(=O)c1cccc(-c2cccnc2[C@H](Cc2cc(F)cc(F)c2)NC(=O)Cn2ccc3cnc(Cl)nc32)c1. The van der Waals surface area contributed by atoms with Gasteiger partial charge in [-0.05, 0) is 66.4 Å². The van der Waals surface area contributed by atoms with Gasteiger partial charge in [0.15, 0.2) is 5.78 Å². The summed E-state index contributed by atoms with van der Waals surface area (Å²) in [5, 5.41) is 3.75. The van der Waals surface area contributed by atoms with Gasteiger partial charge in [-0.25, -0.2) is 13.8 Å². The zero-order chi connectivity index (χ0) is 27.5. The van der Waals surface area contributed by atoms with E-state index in [1.807, 2.05) is 12.1 Å². The fourth-order valence-electron chi connectivity index (χ4n) is 4.50. The third-order valence-electron chi connectivity index (χ3n) is 6.23. The summed E-state index contributed by atoms with van der Waals surface area (Å²) in [6.45, 7) is 1.39. The lowest BCUT2D eigenvalue weighted by molar-refractivity contribution is -0.122. The van der Waals surface area contributed by atoms with Crippen molar-refractivity contribution in [3.63, 3.8) is 0 Å². The minimum atomic E-state index is -0.754. The van der Waals surface area contributed by atoms with E-state index in [4.69, 9.17) is 11.6 Å². The largest absolute Gasteiger partial charge is 0.346 e. The predicted octanol–water partition coefficient (Wildman–Crippen LogP) is 5.73. The summed E-state index contributed by atoms with van der Waals surface area (Å²) in [5.74, 6) is -1.91. The molecule has 5 aromatic rings. The number of benzene rings is 2. The van der Waals surface area contributed by atoms with Gasteiger partial charge in [-0.1, -0.05) is 24.3 Å². The van der Waals surface area contributed by atoms with E-state index in [0.717, 1.165) is 17.0 Å². The number of amides is 1. The number of ketones is 1. The Morgan fingerprint density at radius 1 is 1.03 bits per heavy atom. The molecular weight excluding hydrogens is 524 g/mol.